The summed E-state index contributed by atoms with van der Waals surface area (Å²) in [5.74, 6) is 0.0681. The summed E-state index contributed by atoms with van der Waals surface area (Å²) < 4.78 is 44.4. The average molecular weight is 336 g/mol. The quantitative estimate of drug-likeness (QED) is 0.802. The van der Waals surface area contributed by atoms with E-state index in [2.05, 4.69) is 4.90 Å². The summed E-state index contributed by atoms with van der Waals surface area (Å²) in [5.41, 5.74) is -0.00787. The van der Waals surface area contributed by atoms with Crippen molar-refractivity contribution in [1.29, 1.82) is 0 Å². The van der Waals surface area contributed by atoms with Gasteiger partial charge < -0.3 is 9.64 Å². The van der Waals surface area contributed by atoms with Gasteiger partial charge in [-0.2, -0.15) is 13.2 Å². The van der Waals surface area contributed by atoms with Gasteiger partial charge >= 0.3 is 6.18 Å². The molecule has 1 aromatic rings. The van der Waals surface area contributed by atoms with Crippen molar-refractivity contribution in [3.63, 3.8) is 0 Å². The summed E-state index contributed by atoms with van der Waals surface area (Å²) in [6.45, 7) is 0. The van der Waals surface area contributed by atoms with Gasteiger partial charge in [-0.1, -0.05) is 11.6 Å². The lowest BCUT2D eigenvalue weighted by Crippen LogP contribution is -2.44. The summed E-state index contributed by atoms with van der Waals surface area (Å²) in [6.07, 6.45) is -1.85. The molecule has 124 valence electrons. The number of halogens is 4. The molecule has 1 aromatic carbocycles. The van der Waals surface area contributed by atoms with Gasteiger partial charge in [-0.3, -0.25) is 0 Å². The van der Waals surface area contributed by atoms with Crippen LogP contribution in [0.1, 0.15) is 36.3 Å². The molecule has 0 N–H and O–H groups in total. The van der Waals surface area contributed by atoms with Crippen LogP contribution in [0, 0.1) is 0 Å². The van der Waals surface area contributed by atoms with Gasteiger partial charge in [-0.15, -0.1) is 0 Å². The maximum Gasteiger partial charge on any atom is 0.416 e. The van der Waals surface area contributed by atoms with Crippen LogP contribution >= 0.6 is 11.6 Å². The van der Waals surface area contributed by atoms with Crippen LogP contribution in [0.5, 0.6) is 0 Å². The Morgan fingerprint density at radius 1 is 1.18 bits per heavy atom. The van der Waals surface area contributed by atoms with Crippen LogP contribution in [0.2, 0.25) is 5.02 Å². The van der Waals surface area contributed by atoms with Crippen LogP contribution in [0.3, 0.4) is 0 Å². The molecule has 1 saturated carbocycles. The molecule has 0 amide bonds. The van der Waals surface area contributed by atoms with E-state index in [4.69, 9.17) is 16.3 Å². The Labute approximate surface area is 134 Å². The molecule has 0 radical (unpaired) electrons. The second-order valence-corrected chi connectivity index (χ2v) is 6.52. The standard InChI is InChI=1S/C16H21ClF3NO/c1-21(2)14-8-10(4-5-15(14)22-3)11-6-12(16(18,19)20)9-13(17)7-11/h6-7,9-10,14-15H,4-5,8H2,1-3H3/t10-,14-,15-/m0/s1. The highest BCUT2D eigenvalue weighted by Crippen LogP contribution is 2.39. The molecule has 22 heavy (non-hydrogen) atoms. The predicted molar refractivity (Wildman–Crippen MR) is 81.3 cm³/mol. The third-order valence-corrected chi connectivity index (χ3v) is 4.66. The Morgan fingerprint density at radius 3 is 2.41 bits per heavy atom. The molecule has 0 aliphatic heterocycles. The maximum absolute atomic E-state index is 12.9. The van der Waals surface area contributed by atoms with Crippen molar-refractivity contribution < 1.29 is 17.9 Å². The minimum absolute atomic E-state index is 0.0681. The molecule has 2 nitrogen and oxygen atoms in total. The van der Waals surface area contributed by atoms with Crippen LogP contribution in [0.25, 0.3) is 0 Å². The van der Waals surface area contributed by atoms with E-state index < -0.39 is 11.7 Å². The van der Waals surface area contributed by atoms with Crippen molar-refractivity contribution in [2.75, 3.05) is 21.2 Å². The number of rotatable bonds is 3. The van der Waals surface area contributed by atoms with E-state index >= 15 is 0 Å². The molecule has 0 bridgehead atoms. The van der Waals surface area contributed by atoms with Crippen LogP contribution in [-0.2, 0) is 10.9 Å². The topological polar surface area (TPSA) is 12.5 Å². The number of alkyl halides is 3. The van der Waals surface area contributed by atoms with Crippen LogP contribution < -0.4 is 0 Å². The lowest BCUT2D eigenvalue weighted by molar-refractivity contribution is -0.137. The maximum atomic E-state index is 12.9. The number of benzene rings is 1. The molecular formula is C16H21ClF3NO. The van der Waals surface area contributed by atoms with Gasteiger partial charge in [0.2, 0.25) is 0 Å². The van der Waals surface area contributed by atoms with Crippen molar-refractivity contribution >= 4 is 11.6 Å². The third-order valence-electron chi connectivity index (χ3n) is 4.44. The van der Waals surface area contributed by atoms with Crippen molar-refractivity contribution in [3.05, 3.63) is 34.3 Å². The first-order valence-electron chi connectivity index (χ1n) is 7.29. The van der Waals surface area contributed by atoms with Crippen LogP contribution in [0.4, 0.5) is 13.2 Å². The Bertz CT molecular complexity index is 519. The van der Waals surface area contributed by atoms with E-state index in [0.29, 0.717) is 5.56 Å². The molecule has 0 aromatic heterocycles. The van der Waals surface area contributed by atoms with Crippen LogP contribution in [-0.4, -0.2) is 38.3 Å². The zero-order valence-electron chi connectivity index (χ0n) is 13.0. The number of hydrogen-bond acceptors (Lipinski definition) is 2. The summed E-state index contributed by atoms with van der Waals surface area (Å²) >= 11 is 5.90. The highest BCUT2D eigenvalue weighted by molar-refractivity contribution is 6.30. The highest BCUT2D eigenvalue weighted by Gasteiger charge is 2.35. The Kier molecular flexibility index (Phi) is 5.41. The van der Waals surface area contributed by atoms with E-state index in [0.717, 1.165) is 25.3 Å². The molecule has 1 aliphatic carbocycles. The fraction of sp³-hybridized carbons (Fsp3) is 0.625. The zero-order valence-corrected chi connectivity index (χ0v) is 13.7. The number of ether oxygens (including phenoxy) is 1. The smallest absolute Gasteiger partial charge is 0.380 e. The summed E-state index contributed by atoms with van der Waals surface area (Å²) in [6, 6.07) is 4.06. The number of hydrogen-bond donors (Lipinski definition) is 0. The fourth-order valence-corrected chi connectivity index (χ4v) is 3.50. The predicted octanol–water partition coefficient (Wildman–Crippen LogP) is 4.57. The number of nitrogens with zero attached hydrogens (tertiary/aromatic N) is 1. The van der Waals surface area contributed by atoms with E-state index in [1.54, 1.807) is 13.2 Å². The van der Waals surface area contributed by atoms with Gasteiger partial charge in [0, 0.05) is 18.2 Å². The normalized spacial score (nSPS) is 26.5. The average Bonchev–Trinajstić information content (AvgIpc) is 2.45. The molecule has 1 fully saturated rings. The SMILES string of the molecule is CO[C@H]1CC[C@H](c2cc(Cl)cc(C(F)(F)F)c2)C[C@@H]1N(C)C. The van der Waals surface area contributed by atoms with Crippen molar-refractivity contribution in [2.24, 2.45) is 0 Å². The molecule has 0 saturated heterocycles. The molecular weight excluding hydrogens is 315 g/mol. The Hall–Kier alpha value is -0.780. The first kappa shape index (κ1) is 17.6. The molecule has 3 atom stereocenters. The number of likely N-dealkylation sites (N-methyl/N-ethyl adjacent to an activating group) is 1. The van der Waals surface area contributed by atoms with E-state index in [1.165, 1.54) is 6.07 Å². The molecule has 2 rings (SSSR count). The van der Waals surface area contributed by atoms with E-state index in [-0.39, 0.29) is 23.1 Å². The van der Waals surface area contributed by atoms with Gasteiger partial charge in [-0.05, 0) is 63.0 Å². The Morgan fingerprint density at radius 2 is 1.86 bits per heavy atom. The molecule has 0 heterocycles. The Balaban J connectivity index is 2.27. The molecule has 6 heteroatoms. The second kappa shape index (κ2) is 6.77. The van der Waals surface area contributed by atoms with Gasteiger partial charge in [0.15, 0.2) is 0 Å². The minimum atomic E-state index is -4.37. The minimum Gasteiger partial charge on any atom is -0.380 e. The van der Waals surface area contributed by atoms with Gasteiger partial charge in [0.1, 0.15) is 0 Å². The lowest BCUT2D eigenvalue weighted by Gasteiger charge is -2.39. The second-order valence-electron chi connectivity index (χ2n) is 6.09. The van der Waals surface area contributed by atoms with Crippen molar-refractivity contribution in [3.8, 4) is 0 Å². The van der Waals surface area contributed by atoms with Crippen LogP contribution in [0.15, 0.2) is 18.2 Å². The summed E-state index contributed by atoms with van der Waals surface area (Å²) in [5, 5.41) is 0.139. The van der Waals surface area contributed by atoms with Gasteiger partial charge in [0.25, 0.3) is 0 Å². The lowest BCUT2D eigenvalue weighted by atomic mass is 9.79. The highest BCUT2D eigenvalue weighted by atomic mass is 35.5. The van der Waals surface area contributed by atoms with Crippen molar-refractivity contribution in [2.45, 2.75) is 43.5 Å². The molecule has 1 aliphatic rings. The van der Waals surface area contributed by atoms with Crippen molar-refractivity contribution in [1.82, 2.24) is 4.90 Å². The first-order chi connectivity index (χ1) is 10.2. The molecule has 0 unspecified atom stereocenters. The van der Waals surface area contributed by atoms with E-state index in [9.17, 15) is 13.2 Å². The molecule has 0 spiro atoms. The monoisotopic (exact) mass is 335 g/mol. The summed E-state index contributed by atoms with van der Waals surface area (Å²) in [4.78, 5) is 2.08. The summed E-state index contributed by atoms with van der Waals surface area (Å²) in [7, 11) is 5.62. The zero-order chi connectivity index (χ0) is 16.5. The van der Waals surface area contributed by atoms with Gasteiger partial charge in [0.05, 0.1) is 11.7 Å². The third kappa shape index (κ3) is 3.94. The first-order valence-corrected chi connectivity index (χ1v) is 7.67. The largest absolute Gasteiger partial charge is 0.416 e. The van der Waals surface area contributed by atoms with E-state index in [1.807, 2.05) is 14.1 Å². The number of methoxy groups -OCH3 is 1. The van der Waals surface area contributed by atoms with Gasteiger partial charge in [-0.25, -0.2) is 0 Å². The fourth-order valence-electron chi connectivity index (χ4n) is 3.25.